The first-order valence-electron chi connectivity index (χ1n) is 11.2. The first-order chi connectivity index (χ1) is 17.0. The lowest BCUT2D eigenvalue weighted by Crippen LogP contribution is -2.03. The van der Waals surface area contributed by atoms with Gasteiger partial charge in [0.2, 0.25) is 0 Å². The first kappa shape index (κ1) is 23.7. The molecule has 1 heterocycles. The largest absolute Gasteiger partial charge is 0.497 e. The number of oxime groups is 1. The SMILES string of the molecule is COc1ccc(-n2c(-c3cccc(OC)c3)cc(/C(C)=N/OCc3ccc(C#N)cc3)c2C)cc1. The summed E-state index contributed by atoms with van der Waals surface area (Å²) < 4.78 is 13.0. The average Bonchev–Trinajstić information content (AvgIpc) is 3.26. The summed E-state index contributed by atoms with van der Waals surface area (Å²) in [5.74, 6) is 1.59. The molecule has 1 aromatic heterocycles. The topological polar surface area (TPSA) is 68.8 Å². The maximum absolute atomic E-state index is 8.96. The third-order valence-electron chi connectivity index (χ3n) is 5.85. The van der Waals surface area contributed by atoms with Crippen LogP contribution in [0, 0.1) is 18.3 Å². The Hall–Kier alpha value is -4.50. The average molecular weight is 466 g/mol. The molecule has 0 aliphatic rings. The lowest BCUT2D eigenvalue weighted by atomic mass is 10.1. The number of benzene rings is 3. The second kappa shape index (κ2) is 10.6. The highest BCUT2D eigenvalue weighted by atomic mass is 16.6. The van der Waals surface area contributed by atoms with Crippen molar-refractivity contribution in [1.29, 1.82) is 5.26 Å². The van der Waals surface area contributed by atoms with Crippen LogP contribution in [0.15, 0.2) is 84.0 Å². The van der Waals surface area contributed by atoms with Crippen molar-refractivity contribution in [2.75, 3.05) is 14.2 Å². The molecule has 0 fully saturated rings. The van der Waals surface area contributed by atoms with Gasteiger partial charge in [-0.25, -0.2) is 0 Å². The number of ether oxygens (including phenoxy) is 2. The number of aromatic nitrogens is 1. The van der Waals surface area contributed by atoms with Gasteiger partial charge in [0.25, 0.3) is 0 Å². The molecule has 4 aromatic rings. The molecule has 0 atom stereocenters. The highest BCUT2D eigenvalue weighted by Gasteiger charge is 2.17. The summed E-state index contributed by atoms with van der Waals surface area (Å²) in [7, 11) is 3.33. The van der Waals surface area contributed by atoms with Gasteiger partial charge in [-0.15, -0.1) is 0 Å². The Morgan fingerprint density at radius 3 is 2.29 bits per heavy atom. The van der Waals surface area contributed by atoms with Crippen LogP contribution in [0.5, 0.6) is 11.5 Å². The van der Waals surface area contributed by atoms with Gasteiger partial charge in [-0.1, -0.05) is 29.4 Å². The van der Waals surface area contributed by atoms with Crippen LogP contribution < -0.4 is 9.47 Å². The maximum atomic E-state index is 8.96. The van der Waals surface area contributed by atoms with Crippen molar-refractivity contribution in [2.45, 2.75) is 20.5 Å². The normalized spacial score (nSPS) is 11.1. The molecule has 0 spiro atoms. The predicted octanol–water partition coefficient (Wildman–Crippen LogP) is 6.28. The van der Waals surface area contributed by atoms with Gasteiger partial charge in [0, 0.05) is 22.5 Å². The molecule has 4 rings (SSSR count). The molecule has 176 valence electrons. The van der Waals surface area contributed by atoms with E-state index in [0.29, 0.717) is 12.2 Å². The smallest absolute Gasteiger partial charge is 0.142 e. The molecule has 0 saturated carbocycles. The summed E-state index contributed by atoms with van der Waals surface area (Å²) in [5, 5.41) is 13.3. The third kappa shape index (κ3) is 5.20. The van der Waals surface area contributed by atoms with E-state index in [9.17, 15) is 0 Å². The number of hydrogen-bond donors (Lipinski definition) is 0. The van der Waals surface area contributed by atoms with E-state index in [0.717, 1.165) is 51.0 Å². The number of rotatable bonds is 8. The number of methoxy groups -OCH3 is 2. The van der Waals surface area contributed by atoms with Crippen LogP contribution in [-0.2, 0) is 11.4 Å². The summed E-state index contributed by atoms with van der Waals surface area (Å²) >= 11 is 0. The van der Waals surface area contributed by atoms with Crippen LogP contribution in [-0.4, -0.2) is 24.5 Å². The van der Waals surface area contributed by atoms with Crippen molar-refractivity contribution in [2.24, 2.45) is 5.16 Å². The van der Waals surface area contributed by atoms with Gasteiger partial charge >= 0.3 is 0 Å². The van der Waals surface area contributed by atoms with E-state index in [2.05, 4.69) is 34.8 Å². The van der Waals surface area contributed by atoms with Gasteiger partial charge in [0.15, 0.2) is 0 Å². The molecule has 0 aliphatic carbocycles. The minimum atomic E-state index is 0.323. The van der Waals surface area contributed by atoms with Crippen molar-refractivity contribution in [3.8, 4) is 34.5 Å². The summed E-state index contributed by atoms with van der Waals surface area (Å²) in [6.45, 7) is 4.34. The van der Waals surface area contributed by atoms with Gasteiger partial charge in [0.1, 0.15) is 18.1 Å². The minimum absolute atomic E-state index is 0.323. The van der Waals surface area contributed by atoms with Crippen molar-refractivity contribution in [1.82, 2.24) is 4.57 Å². The quantitative estimate of drug-likeness (QED) is 0.227. The first-order valence-corrected chi connectivity index (χ1v) is 11.2. The molecule has 0 bridgehead atoms. The Balaban J connectivity index is 1.70. The van der Waals surface area contributed by atoms with E-state index in [-0.39, 0.29) is 0 Å². The molecule has 35 heavy (non-hydrogen) atoms. The second-order valence-corrected chi connectivity index (χ2v) is 8.05. The van der Waals surface area contributed by atoms with E-state index in [1.807, 2.05) is 61.5 Å². The molecular weight excluding hydrogens is 438 g/mol. The van der Waals surface area contributed by atoms with E-state index >= 15 is 0 Å². The molecule has 0 saturated heterocycles. The predicted molar refractivity (Wildman–Crippen MR) is 137 cm³/mol. The second-order valence-electron chi connectivity index (χ2n) is 8.05. The number of hydrogen-bond acceptors (Lipinski definition) is 5. The zero-order valence-corrected chi connectivity index (χ0v) is 20.3. The van der Waals surface area contributed by atoms with Crippen LogP contribution in [0.1, 0.15) is 29.3 Å². The Morgan fingerprint density at radius 2 is 1.63 bits per heavy atom. The molecule has 6 heteroatoms. The van der Waals surface area contributed by atoms with Crippen molar-refractivity contribution in [3.05, 3.63) is 101 Å². The maximum Gasteiger partial charge on any atom is 0.142 e. The van der Waals surface area contributed by atoms with Gasteiger partial charge < -0.3 is 18.9 Å². The molecular formula is C29H27N3O3. The highest BCUT2D eigenvalue weighted by molar-refractivity contribution is 6.01. The fourth-order valence-electron chi connectivity index (χ4n) is 3.96. The van der Waals surface area contributed by atoms with Crippen LogP contribution in [0.4, 0.5) is 0 Å². The van der Waals surface area contributed by atoms with Crippen molar-refractivity contribution in [3.63, 3.8) is 0 Å². The Morgan fingerprint density at radius 1 is 0.914 bits per heavy atom. The standard InChI is InChI=1S/C29H27N3O3/c1-20(31-35-19-23-10-8-22(18-30)9-11-23)28-17-29(24-6-5-7-27(16-24)34-4)32(21(28)2)25-12-14-26(33-3)15-13-25/h5-17H,19H2,1-4H3/b31-20+. The Labute approximate surface area is 205 Å². The fourth-order valence-corrected chi connectivity index (χ4v) is 3.96. The Bertz CT molecular complexity index is 1380. The fraction of sp³-hybridized carbons (Fsp3) is 0.172. The van der Waals surface area contributed by atoms with E-state index in [1.165, 1.54) is 0 Å². The molecule has 0 N–H and O–H groups in total. The summed E-state index contributed by atoms with van der Waals surface area (Å²) in [6.07, 6.45) is 0. The van der Waals surface area contributed by atoms with Gasteiger partial charge in [-0.2, -0.15) is 5.26 Å². The lowest BCUT2D eigenvalue weighted by molar-refractivity contribution is 0.130. The van der Waals surface area contributed by atoms with Crippen LogP contribution in [0.3, 0.4) is 0 Å². The van der Waals surface area contributed by atoms with E-state index in [1.54, 1.807) is 26.4 Å². The van der Waals surface area contributed by atoms with E-state index < -0.39 is 0 Å². The summed E-state index contributed by atoms with van der Waals surface area (Å²) in [4.78, 5) is 5.65. The minimum Gasteiger partial charge on any atom is -0.497 e. The van der Waals surface area contributed by atoms with Gasteiger partial charge in [-0.3, -0.25) is 0 Å². The third-order valence-corrected chi connectivity index (χ3v) is 5.85. The molecule has 6 nitrogen and oxygen atoms in total. The van der Waals surface area contributed by atoms with Crippen molar-refractivity contribution < 1.29 is 14.3 Å². The van der Waals surface area contributed by atoms with E-state index in [4.69, 9.17) is 19.6 Å². The zero-order chi connectivity index (χ0) is 24.8. The molecule has 0 amide bonds. The zero-order valence-electron chi connectivity index (χ0n) is 20.3. The summed E-state index contributed by atoms with van der Waals surface area (Å²) in [5.41, 5.74) is 7.42. The summed E-state index contributed by atoms with van der Waals surface area (Å²) in [6, 6.07) is 27.5. The van der Waals surface area contributed by atoms with Crippen molar-refractivity contribution >= 4 is 5.71 Å². The molecule has 0 unspecified atom stereocenters. The van der Waals surface area contributed by atoms with Gasteiger partial charge in [0.05, 0.1) is 37.3 Å². The van der Waals surface area contributed by atoms with Gasteiger partial charge in [-0.05, 0) is 74.0 Å². The molecule has 0 radical (unpaired) electrons. The molecule has 0 aliphatic heterocycles. The molecule has 3 aromatic carbocycles. The lowest BCUT2D eigenvalue weighted by Gasteiger charge is -2.13. The number of nitriles is 1. The van der Waals surface area contributed by atoms with Crippen LogP contribution in [0.2, 0.25) is 0 Å². The van der Waals surface area contributed by atoms with Crippen LogP contribution >= 0.6 is 0 Å². The monoisotopic (exact) mass is 465 g/mol. The Kier molecular flexibility index (Phi) is 7.18. The van der Waals surface area contributed by atoms with Crippen LogP contribution in [0.25, 0.3) is 16.9 Å². The highest BCUT2D eigenvalue weighted by Crippen LogP contribution is 2.32. The number of nitrogens with zero attached hydrogens (tertiary/aromatic N) is 3.